The number of carboxylic acid groups (broad SMARTS) is 1. The number of carboxylic acids is 1. The number of carbonyl (C=O) groups excluding carboxylic acids is 2. The second kappa shape index (κ2) is 8.61. The number of aliphatic carboxylic acids is 1. The van der Waals surface area contributed by atoms with Crippen molar-refractivity contribution in [3.63, 3.8) is 0 Å². The molecule has 162 valence electrons. The Labute approximate surface area is 191 Å². The van der Waals surface area contributed by atoms with Gasteiger partial charge in [0.05, 0.1) is 33.3 Å². The number of amides is 2. The smallest absolute Gasteiger partial charge is 0.307 e. The predicted molar refractivity (Wildman–Crippen MR) is 116 cm³/mol. The molecule has 4 rings (SSSR count). The van der Waals surface area contributed by atoms with Gasteiger partial charge in [-0.1, -0.05) is 47.5 Å². The number of hydrogen-bond acceptors (Lipinski definition) is 4. The van der Waals surface area contributed by atoms with Gasteiger partial charge in [0.25, 0.3) is 11.8 Å². The molecule has 1 aliphatic heterocycles. The van der Waals surface area contributed by atoms with Gasteiger partial charge in [0, 0.05) is 5.56 Å². The van der Waals surface area contributed by atoms with Crippen molar-refractivity contribution in [2.24, 2.45) is 0 Å². The molecule has 0 unspecified atom stereocenters. The zero-order valence-electron chi connectivity index (χ0n) is 16.3. The van der Waals surface area contributed by atoms with E-state index in [4.69, 9.17) is 33.0 Å². The Kier molecular flexibility index (Phi) is 5.86. The summed E-state index contributed by atoms with van der Waals surface area (Å²) in [4.78, 5) is 38.1. The van der Waals surface area contributed by atoms with Crippen LogP contribution < -0.4 is 9.64 Å². The summed E-state index contributed by atoms with van der Waals surface area (Å²) in [6.07, 6.45) is -0.262. The molecule has 0 saturated carbocycles. The first-order chi connectivity index (χ1) is 15.3. The summed E-state index contributed by atoms with van der Waals surface area (Å²) >= 11 is 12.5. The van der Waals surface area contributed by atoms with Crippen molar-refractivity contribution in [1.29, 1.82) is 0 Å². The van der Waals surface area contributed by atoms with Gasteiger partial charge in [0.2, 0.25) is 0 Å². The van der Waals surface area contributed by atoms with E-state index in [0.717, 1.165) is 4.90 Å². The molecule has 0 spiro atoms. The highest BCUT2D eigenvalue weighted by atomic mass is 35.5. The molecule has 2 amide bonds. The van der Waals surface area contributed by atoms with Crippen LogP contribution in [0.4, 0.5) is 10.1 Å². The van der Waals surface area contributed by atoms with Crippen molar-refractivity contribution in [3.05, 3.63) is 92.7 Å². The van der Waals surface area contributed by atoms with E-state index in [2.05, 4.69) is 0 Å². The molecule has 32 heavy (non-hydrogen) atoms. The largest absolute Gasteiger partial charge is 0.488 e. The lowest BCUT2D eigenvalue weighted by Gasteiger charge is -2.16. The van der Waals surface area contributed by atoms with Gasteiger partial charge < -0.3 is 9.84 Å². The van der Waals surface area contributed by atoms with Gasteiger partial charge >= 0.3 is 5.97 Å². The van der Waals surface area contributed by atoms with Crippen molar-refractivity contribution >= 4 is 46.7 Å². The minimum absolute atomic E-state index is 0.0307. The Bertz CT molecular complexity index is 1280. The molecular weight excluding hydrogens is 460 g/mol. The van der Waals surface area contributed by atoms with E-state index in [-0.39, 0.29) is 51.2 Å². The lowest BCUT2D eigenvalue weighted by Crippen LogP contribution is -2.29. The Balaban J connectivity index is 1.69. The molecule has 0 aromatic heterocycles. The van der Waals surface area contributed by atoms with E-state index < -0.39 is 23.6 Å². The van der Waals surface area contributed by atoms with E-state index in [9.17, 15) is 18.8 Å². The standard InChI is InChI=1S/C23H14Cl2FNO5/c24-14-6-8-18(32-11-13-3-1-2-4-16(13)26)21-20(14)22(30)27(23(21)31)17-7-5-12(9-15(17)25)10-19(28)29/h1-9H,10-11H2,(H,28,29). The van der Waals surface area contributed by atoms with Crippen LogP contribution in [0, 0.1) is 5.82 Å². The first-order valence-corrected chi connectivity index (χ1v) is 10.1. The Morgan fingerprint density at radius 2 is 1.69 bits per heavy atom. The van der Waals surface area contributed by atoms with Crippen LogP contribution in [0.1, 0.15) is 31.8 Å². The first kappa shape index (κ1) is 21.8. The Morgan fingerprint density at radius 1 is 0.969 bits per heavy atom. The molecule has 1 heterocycles. The molecule has 0 atom stereocenters. The maximum Gasteiger partial charge on any atom is 0.307 e. The maximum absolute atomic E-state index is 13.9. The van der Waals surface area contributed by atoms with Crippen molar-refractivity contribution in [1.82, 2.24) is 0 Å². The number of fused-ring (bicyclic) bond motifs is 1. The van der Waals surface area contributed by atoms with Gasteiger partial charge in [-0.3, -0.25) is 14.4 Å². The first-order valence-electron chi connectivity index (χ1n) is 9.35. The molecule has 3 aromatic rings. The summed E-state index contributed by atoms with van der Waals surface area (Å²) in [5, 5.41) is 9.02. The number of hydrogen-bond donors (Lipinski definition) is 1. The normalized spacial score (nSPS) is 12.8. The fourth-order valence-electron chi connectivity index (χ4n) is 3.42. The quantitative estimate of drug-likeness (QED) is 0.501. The summed E-state index contributed by atoms with van der Waals surface area (Å²) < 4.78 is 19.6. The highest BCUT2D eigenvalue weighted by Gasteiger charge is 2.42. The highest BCUT2D eigenvalue weighted by Crippen LogP contribution is 2.40. The predicted octanol–water partition coefficient (Wildman–Crippen LogP) is 5.14. The van der Waals surface area contributed by atoms with E-state index in [0.29, 0.717) is 5.56 Å². The van der Waals surface area contributed by atoms with Gasteiger partial charge in [-0.05, 0) is 35.9 Å². The summed E-state index contributed by atoms with van der Waals surface area (Å²) in [6.45, 7) is -0.160. The SMILES string of the molecule is O=C(O)Cc1ccc(N2C(=O)c3c(Cl)ccc(OCc4ccccc4F)c3C2=O)c(Cl)c1. The zero-order valence-corrected chi connectivity index (χ0v) is 17.8. The molecule has 1 aliphatic rings. The number of rotatable bonds is 6. The Hall–Kier alpha value is -3.42. The number of benzene rings is 3. The van der Waals surface area contributed by atoms with Gasteiger partial charge in [-0.15, -0.1) is 0 Å². The summed E-state index contributed by atoms with van der Waals surface area (Å²) in [6, 6.07) is 13.1. The number of nitrogens with zero attached hydrogens (tertiary/aromatic N) is 1. The van der Waals surface area contributed by atoms with E-state index in [1.165, 1.54) is 36.4 Å². The van der Waals surface area contributed by atoms with Gasteiger partial charge in [0.15, 0.2) is 0 Å². The van der Waals surface area contributed by atoms with Crippen LogP contribution >= 0.6 is 23.2 Å². The third kappa shape index (κ3) is 3.92. The van der Waals surface area contributed by atoms with E-state index in [1.807, 2.05) is 0 Å². The summed E-state index contributed by atoms with van der Waals surface area (Å²) in [7, 11) is 0. The van der Waals surface area contributed by atoms with Gasteiger partial charge in [0.1, 0.15) is 18.2 Å². The second-order valence-corrected chi connectivity index (χ2v) is 7.79. The number of carbonyl (C=O) groups is 3. The average molecular weight is 474 g/mol. The molecule has 0 saturated heterocycles. The minimum atomic E-state index is -1.04. The van der Waals surface area contributed by atoms with E-state index in [1.54, 1.807) is 18.2 Å². The molecule has 0 radical (unpaired) electrons. The Morgan fingerprint density at radius 3 is 2.38 bits per heavy atom. The number of anilines is 1. The summed E-state index contributed by atoms with van der Waals surface area (Å²) in [5.74, 6) is -2.83. The summed E-state index contributed by atoms with van der Waals surface area (Å²) in [5.41, 5.74) is 0.678. The van der Waals surface area contributed by atoms with Crippen LogP contribution in [-0.4, -0.2) is 22.9 Å². The zero-order chi connectivity index (χ0) is 23.0. The van der Waals surface area contributed by atoms with E-state index >= 15 is 0 Å². The third-order valence-electron chi connectivity index (χ3n) is 4.90. The van der Waals surface area contributed by atoms with Crippen LogP contribution in [0.15, 0.2) is 54.6 Å². The van der Waals surface area contributed by atoms with Gasteiger partial charge in [-0.25, -0.2) is 9.29 Å². The number of halogens is 3. The molecule has 1 N–H and O–H groups in total. The van der Waals surface area contributed by atoms with Crippen molar-refractivity contribution < 1.29 is 28.6 Å². The maximum atomic E-state index is 13.9. The lowest BCUT2D eigenvalue weighted by molar-refractivity contribution is -0.136. The van der Waals surface area contributed by atoms with Crippen LogP contribution in [-0.2, 0) is 17.8 Å². The fourth-order valence-corrected chi connectivity index (χ4v) is 3.95. The monoisotopic (exact) mass is 473 g/mol. The topological polar surface area (TPSA) is 83.9 Å². The average Bonchev–Trinajstić information content (AvgIpc) is 3.00. The molecule has 0 fully saturated rings. The molecule has 0 bridgehead atoms. The molecule has 3 aromatic carbocycles. The third-order valence-corrected chi connectivity index (χ3v) is 5.52. The van der Waals surface area contributed by atoms with Crippen molar-refractivity contribution in [2.45, 2.75) is 13.0 Å². The fraction of sp³-hybridized carbons (Fsp3) is 0.0870. The van der Waals surface area contributed by atoms with Crippen LogP contribution in [0.5, 0.6) is 5.75 Å². The van der Waals surface area contributed by atoms with Crippen molar-refractivity contribution in [2.75, 3.05) is 4.90 Å². The highest BCUT2D eigenvalue weighted by molar-refractivity contribution is 6.44. The van der Waals surface area contributed by atoms with Crippen molar-refractivity contribution in [3.8, 4) is 5.75 Å². The molecular formula is C23H14Cl2FNO5. The lowest BCUT2D eigenvalue weighted by atomic mass is 10.1. The molecule has 6 nitrogen and oxygen atoms in total. The van der Waals surface area contributed by atoms with Crippen LogP contribution in [0.3, 0.4) is 0 Å². The van der Waals surface area contributed by atoms with Gasteiger partial charge in [-0.2, -0.15) is 0 Å². The van der Waals surface area contributed by atoms with Crippen LogP contribution in [0.2, 0.25) is 10.0 Å². The second-order valence-electron chi connectivity index (χ2n) is 6.98. The number of ether oxygens (including phenoxy) is 1. The molecule has 0 aliphatic carbocycles. The number of imide groups is 1. The van der Waals surface area contributed by atoms with Crippen LogP contribution in [0.25, 0.3) is 0 Å². The molecule has 9 heteroatoms. The minimum Gasteiger partial charge on any atom is -0.488 e.